The maximum atomic E-state index is 12.5. The minimum absolute atomic E-state index is 0.0280. The molecule has 1 aromatic heterocycles. The monoisotopic (exact) mass is 350 g/mol. The molecule has 0 unspecified atom stereocenters. The number of hydrogen-bond acceptors (Lipinski definition) is 3. The van der Waals surface area contributed by atoms with Gasteiger partial charge < -0.3 is 9.88 Å². The molecular formula is C16H22N4O3S. The molecule has 1 amide bonds. The Morgan fingerprint density at radius 3 is 2.62 bits per heavy atom. The number of nitrogens with zero attached hydrogens (tertiary/aromatic N) is 2. The fraction of sp³-hybridized carbons (Fsp3) is 0.438. The van der Waals surface area contributed by atoms with Crippen molar-refractivity contribution in [1.29, 1.82) is 0 Å². The number of benzene rings is 1. The molecule has 3 rings (SSSR count). The van der Waals surface area contributed by atoms with E-state index in [-0.39, 0.29) is 5.91 Å². The number of para-hydroxylation sites is 1. The van der Waals surface area contributed by atoms with Crippen LogP contribution in [0.3, 0.4) is 0 Å². The smallest absolute Gasteiger partial charge is 0.279 e. The Kier molecular flexibility index (Phi) is 4.88. The number of carbonyl (C=O) groups is 1. The van der Waals surface area contributed by atoms with E-state index in [2.05, 4.69) is 9.71 Å². The molecule has 2 aromatic rings. The maximum Gasteiger partial charge on any atom is 0.279 e. The zero-order valence-electron chi connectivity index (χ0n) is 13.7. The number of aromatic amines is 1. The van der Waals surface area contributed by atoms with E-state index in [9.17, 15) is 13.2 Å². The van der Waals surface area contributed by atoms with Crippen molar-refractivity contribution >= 4 is 27.0 Å². The van der Waals surface area contributed by atoms with Gasteiger partial charge in [0.15, 0.2) is 0 Å². The number of amides is 1. The quantitative estimate of drug-likeness (QED) is 0.833. The summed E-state index contributed by atoms with van der Waals surface area (Å²) in [6.07, 6.45) is 2.19. The number of carbonyl (C=O) groups excluding carboxylic acids is 1. The molecule has 1 aliphatic heterocycles. The van der Waals surface area contributed by atoms with Crippen molar-refractivity contribution in [2.75, 3.05) is 32.7 Å². The maximum absolute atomic E-state index is 12.5. The lowest BCUT2D eigenvalue weighted by Crippen LogP contribution is -2.53. The average molecular weight is 350 g/mol. The molecule has 1 saturated heterocycles. The van der Waals surface area contributed by atoms with E-state index in [4.69, 9.17) is 0 Å². The first-order chi connectivity index (χ1) is 11.5. The summed E-state index contributed by atoms with van der Waals surface area (Å²) in [5.74, 6) is 0.0280. The van der Waals surface area contributed by atoms with E-state index in [1.165, 1.54) is 4.31 Å². The van der Waals surface area contributed by atoms with E-state index in [1.54, 1.807) is 11.8 Å². The molecule has 8 heteroatoms. The van der Waals surface area contributed by atoms with Gasteiger partial charge in [-0.05, 0) is 11.6 Å². The molecule has 2 N–H and O–H groups in total. The van der Waals surface area contributed by atoms with Gasteiger partial charge in [0.05, 0.1) is 6.42 Å². The summed E-state index contributed by atoms with van der Waals surface area (Å²) in [4.78, 5) is 17.4. The van der Waals surface area contributed by atoms with Crippen molar-refractivity contribution < 1.29 is 13.2 Å². The molecular weight excluding hydrogens is 328 g/mol. The van der Waals surface area contributed by atoms with Gasteiger partial charge in [-0.2, -0.15) is 12.7 Å². The highest BCUT2D eigenvalue weighted by Gasteiger charge is 2.28. The van der Waals surface area contributed by atoms with E-state index in [0.717, 1.165) is 16.5 Å². The van der Waals surface area contributed by atoms with Crippen molar-refractivity contribution in [2.24, 2.45) is 0 Å². The zero-order chi connectivity index (χ0) is 17.2. The van der Waals surface area contributed by atoms with Crippen LogP contribution in [0.15, 0.2) is 30.5 Å². The van der Waals surface area contributed by atoms with Gasteiger partial charge >= 0.3 is 0 Å². The molecule has 0 aliphatic carbocycles. The van der Waals surface area contributed by atoms with Crippen LogP contribution in [0.1, 0.15) is 12.5 Å². The molecule has 0 bridgehead atoms. The third-order valence-corrected chi connectivity index (χ3v) is 5.97. The average Bonchev–Trinajstić information content (AvgIpc) is 2.98. The first-order valence-corrected chi connectivity index (χ1v) is 9.53. The van der Waals surface area contributed by atoms with Gasteiger partial charge in [0.1, 0.15) is 0 Å². The second-order valence-corrected chi connectivity index (χ2v) is 7.57. The minimum Gasteiger partial charge on any atom is -0.361 e. The Balaban J connectivity index is 1.61. The fourth-order valence-electron chi connectivity index (χ4n) is 3.00. The Hall–Kier alpha value is -1.90. The van der Waals surface area contributed by atoms with Gasteiger partial charge in [0, 0.05) is 49.8 Å². The van der Waals surface area contributed by atoms with E-state index >= 15 is 0 Å². The molecule has 1 aromatic carbocycles. The molecule has 0 radical (unpaired) electrons. The Bertz CT molecular complexity index is 823. The van der Waals surface area contributed by atoms with Crippen LogP contribution in [0.2, 0.25) is 0 Å². The Labute approximate surface area is 141 Å². The number of hydrogen-bond donors (Lipinski definition) is 2. The molecule has 1 fully saturated rings. The van der Waals surface area contributed by atoms with Crippen LogP contribution in [0.25, 0.3) is 10.9 Å². The van der Waals surface area contributed by atoms with Gasteiger partial charge in [0.2, 0.25) is 5.91 Å². The van der Waals surface area contributed by atoms with Crippen molar-refractivity contribution in [1.82, 2.24) is 18.9 Å². The molecule has 2 heterocycles. The van der Waals surface area contributed by atoms with Gasteiger partial charge in [0.25, 0.3) is 10.2 Å². The number of piperazine rings is 1. The first kappa shape index (κ1) is 16.9. The lowest BCUT2D eigenvalue weighted by atomic mass is 10.1. The summed E-state index contributed by atoms with van der Waals surface area (Å²) in [6, 6.07) is 7.88. The lowest BCUT2D eigenvalue weighted by molar-refractivity contribution is -0.131. The fourth-order valence-corrected chi connectivity index (χ4v) is 4.20. The number of fused-ring (bicyclic) bond motifs is 1. The SMILES string of the molecule is CCNS(=O)(=O)N1CCN(C(=O)Cc2c[nH]c3ccccc23)CC1. The van der Waals surface area contributed by atoms with Gasteiger partial charge in [-0.25, -0.2) is 4.72 Å². The standard InChI is InChI=1S/C16H22N4O3S/c1-2-18-24(22,23)20-9-7-19(8-10-20)16(21)11-13-12-17-15-6-4-3-5-14(13)15/h3-6,12,17-18H,2,7-11H2,1H3. The van der Waals surface area contributed by atoms with Crippen LogP contribution in [0.4, 0.5) is 0 Å². The predicted molar refractivity (Wildman–Crippen MR) is 92.8 cm³/mol. The highest BCUT2D eigenvalue weighted by Crippen LogP contribution is 2.19. The molecule has 0 spiro atoms. The van der Waals surface area contributed by atoms with Crippen LogP contribution in [0.5, 0.6) is 0 Å². The molecule has 24 heavy (non-hydrogen) atoms. The molecule has 7 nitrogen and oxygen atoms in total. The lowest BCUT2D eigenvalue weighted by Gasteiger charge is -2.33. The highest BCUT2D eigenvalue weighted by molar-refractivity contribution is 7.87. The summed E-state index contributed by atoms with van der Waals surface area (Å²) >= 11 is 0. The van der Waals surface area contributed by atoms with Crippen LogP contribution in [0, 0.1) is 0 Å². The second kappa shape index (κ2) is 6.92. The van der Waals surface area contributed by atoms with Gasteiger partial charge in [-0.15, -0.1) is 0 Å². The van der Waals surface area contributed by atoms with Crippen LogP contribution >= 0.6 is 0 Å². The highest BCUT2D eigenvalue weighted by atomic mass is 32.2. The number of H-pyrrole nitrogens is 1. The van der Waals surface area contributed by atoms with Crippen molar-refractivity contribution in [3.63, 3.8) is 0 Å². The Morgan fingerprint density at radius 1 is 1.21 bits per heavy atom. The third kappa shape index (κ3) is 3.45. The number of nitrogens with one attached hydrogen (secondary N) is 2. The molecule has 1 aliphatic rings. The minimum atomic E-state index is -3.42. The van der Waals surface area contributed by atoms with E-state index in [1.807, 2.05) is 30.5 Å². The summed E-state index contributed by atoms with van der Waals surface area (Å²) in [5, 5.41) is 1.05. The topological polar surface area (TPSA) is 85.5 Å². The summed E-state index contributed by atoms with van der Waals surface area (Å²) in [5.41, 5.74) is 1.99. The molecule has 0 saturated carbocycles. The second-order valence-electron chi connectivity index (χ2n) is 5.82. The normalized spacial score (nSPS) is 16.6. The Morgan fingerprint density at radius 2 is 1.92 bits per heavy atom. The largest absolute Gasteiger partial charge is 0.361 e. The van der Waals surface area contributed by atoms with Crippen molar-refractivity contribution in [3.05, 3.63) is 36.0 Å². The first-order valence-electron chi connectivity index (χ1n) is 8.09. The van der Waals surface area contributed by atoms with Gasteiger partial charge in [-0.1, -0.05) is 25.1 Å². The third-order valence-electron chi connectivity index (χ3n) is 4.27. The molecule has 0 atom stereocenters. The number of rotatable bonds is 5. The van der Waals surface area contributed by atoms with Gasteiger partial charge in [-0.3, -0.25) is 4.79 Å². The summed E-state index contributed by atoms with van der Waals surface area (Å²) < 4.78 is 27.8. The van der Waals surface area contributed by atoms with E-state index in [0.29, 0.717) is 39.1 Å². The van der Waals surface area contributed by atoms with Crippen molar-refractivity contribution in [3.8, 4) is 0 Å². The van der Waals surface area contributed by atoms with Crippen LogP contribution < -0.4 is 4.72 Å². The molecule has 130 valence electrons. The van der Waals surface area contributed by atoms with Crippen molar-refractivity contribution in [2.45, 2.75) is 13.3 Å². The summed E-state index contributed by atoms with van der Waals surface area (Å²) in [7, 11) is -3.42. The summed E-state index contributed by atoms with van der Waals surface area (Å²) in [6.45, 7) is 3.61. The van der Waals surface area contributed by atoms with Crippen LogP contribution in [-0.2, 0) is 21.4 Å². The predicted octanol–water partition coefficient (Wildman–Crippen LogP) is 0.709. The van der Waals surface area contributed by atoms with Crippen LogP contribution in [-0.4, -0.2) is 61.2 Å². The zero-order valence-corrected chi connectivity index (χ0v) is 14.5. The van der Waals surface area contributed by atoms with E-state index < -0.39 is 10.2 Å². The number of aromatic nitrogens is 1.